The Morgan fingerprint density at radius 3 is 2.11 bits per heavy atom. The molecule has 2 amide bonds. The van der Waals surface area contributed by atoms with E-state index in [1.807, 2.05) is 54.6 Å². The highest BCUT2D eigenvalue weighted by Gasteiger charge is 2.09. The lowest BCUT2D eigenvalue weighted by Gasteiger charge is -2.17. The largest absolute Gasteiger partial charge is 0.471 e. The molecule has 0 aliphatic rings. The number of benzene rings is 3. The first kappa shape index (κ1) is 18.6. The lowest BCUT2D eigenvalue weighted by molar-refractivity contribution is 0.183. The van der Waals surface area contributed by atoms with E-state index in [0.29, 0.717) is 16.5 Å². The van der Waals surface area contributed by atoms with E-state index < -0.39 is 6.23 Å². The summed E-state index contributed by atoms with van der Waals surface area (Å²) in [5, 5.41) is 9.43. The third-order valence-corrected chi connectivity index (χ3v) is 3.92. The molecule has 0 aromatic heterocycles. The number of para-hydroxylation sites is 1. The van der Waals surface area contributed by atoms with Crippen LogP contribution in [0.2, 0.25) is 5.02 Å². The van der Waals surface area contributed by atoms with Crippen molar-refractivity contribution in [2.75, 3.05) is 10.6 Å². The summed E-state index contributed by atoms with van der Waals surface area (Å²) in [4.78, 5) is 12.1. The Morgan fingerprint density at radius 2 is 1.44 bits per heavy atom. The molecule has 1 atom stereocenters. The van der Waals surface area contributed by atoms with Gasteiger partial charge in [-0.1, -0.05) is 29.8 Å². The van der Waals surface area contributed by atoms with Crippen LogP contribution in [0, 0.1) is 0 Å². The fourth-order valence-corrected chi connectivity index (χ4v) is 2.55. The van der Waals surface area contributed by atoms with Crippen LogP contribution < -0.4 is 20.7 Å². The molecular weight excluding hydrogens is 362 g/mol. The van der Waals surface area contributed by atoms with Crippen LogP contribution in [0.25, 0.3) is 0 Å². The number of hydrogen-bond acceptors (Lipinski definition) is 3. The molecule has 3 N–H and O–H groups in total. The van der Waals surface area contributed by atoms with Crippen molar-refractivity contribution >= 4 is 34.7 Å². The van der Waals surface area contributed by atoms with Gasteiger partial charge in [-0.25, -0.2) is 4.79 Å². The second-order valence-corrected chi connectivity index (χ2v) is 6.32. The summed E-state index contributed by atoms with van der Waals surface area (Å²) in [6.07, 6.45) is -0.495. The molecule has 0 aliphatic carbocycles. The van der Waals surface area contributed by atoms with Crippen LogP contribution in [-0.4, -0.2) is 12.3 Å². The third kappa shape index (κ3) is 5.94. The van der Waals surface area contributed by atoms with Crippen LogP contribution in [0.4, 0.5) is 21.9 Å². The highest BCUT2D eigenvalue weighted by Crippen LogP contribution is 2.19. The minimum Gasteiger partial charge on any atom is -0.471 e. The number of halogens is 1. The van der Waals surface area contributed by atoms with Crippen molar-refractivity contribution in [3.63, 3.8) is 0 Å². The van der Waals surface area contributed by atoms with E-state index >= 15 is 0 Å². The summed E-state index contributed by atoms with van der Waals surface area (Å²) in [6.45, 7) is 1.75. The van der Waals surface area contributed by atoms with Crippen molar-refractivity contribution in [2.24, 2.45) is 0 Å². The number of ether oxygens (including phenoxy) is 1. The summed E-state index contributed by atoms with van der Waals surface area (Å²) >= 11 is 5.84. The molecule has 138 valence electrons. The molecule has 3 aromatic rings. The summed E-state index contributed by atoms with van der Waals surface area (Å²) in [5.74, 6) is 0.628. The van der Waals surface area contributed by atoms with E-state index in [0.717, 1.165) is 11.4 Å². The van der Waals surface area contributed by atoms with Gasteiger partial charge in [0.05, 0.1) is 0 Å². The van der Waals surface area contributed by atoms with E-state index in [9.17, 15) is 4.79 Å². The van der Waals surface area contributed by atoms with E-state index in [2.05, 4.69) is 16.0 Å². The SMILES string of the molecule is CC(NC(=O)Nc1ccc(Nc2ccccc2)cc1)Oc1ccc(Cl)cc1. The van der Waals surface area contributed by atoms with Crippen LogP contribution in [-0.2, 0) is 0 Å². The second-order valence-electron chi connectivity index (χ2n) is 5.88. The molecule has 5 nitrogen and oxygen atoms in total. The van der Waals surface area contributed by atoms with Crippen LogP contribution in [0.3, 0.4) is 0 Å². The van der Waals surface area contributed by atoms with Gasteiger partial charge >= 0.3 is 6.03 Å². The summed E-state index contributed by atoms with van der Waals surface area (Å²) in [6, 6.07) is 23.9. The number of amides is 2. The zero-order chi connectivity index (χ0) is 19.1. The maximum absolute atomic E-state index is 12.1. The van der Waals surface area contributed by atoms with Gasteiger partial charge in [0.25, 0.3) is 0 Å². The minimum absolute atomic E-state index is 0.347. The Bertz CT molecular complexity index is 868. The monoisotopic (exact) mass is 381 g/mol. The molecule has 0 aliphatic heterocycles. The molecule has 6 heteroatoms. The zero-order valence-electron chi connectivity index (χ0n) is 14.8. The lowest BCUT2D eigenvalue weighted by atomic mass is 10.2. The molecule has 0 fully saturated rings. The molecule has 27 heavy (non-hydrogen) atoms. The maximum Gasteiger partial charge on any atom is 0.322 e. The van der Waals surface area contributed by atoms with E-state index in [1.54, 1.807) is 31.2 Å². The molecule has 0 radical (unpaired) electrons. The molecule has 0 saturated heterocycles. The number of anilines is 3. The highest BCUT2D eigenvalue weighted by atomic mass is 35.5. The summed E-state index contributed by atoms with van der Waals surface area (Å²) in [5.41, 5.74) is 2.63. The van der Waals surface area contributed by atoms with Crippen molar-refractivity contribution < 1.29 is 9.53 Å². The van der Waals surface area contributed by atoms with Gasteiger partial charge in [-0.05, 0) is 67.6 Å². The van der Waals surface area contributed by atoms with Crippen molar-refractivity contribution in [3.8, 4) is 5.75 Å². The predicted molar refractivity (Wildman–Crippen MR) is 110 cm³/mol. The van der Waals surface area contributed by atoms with Gasteiger partial charge < -0.3 is 20.7 Å². The quantitative estimate of drug-likeness (QED) is 0.485. The summed E-state index contributed by atoms with van der Waals surface area (Å²) < 4.78 is 5.62. The zero-order valence-corrected chi connectivity index (χ0v) is 15.5. The molecule has 3 aromatic carbocycles. The minimum atomic E-state index is -0.495. The van der Waals surface area contributed by atoms with Gasteiger partial charge in [0.15, 0.2) is 6.23 Å². The number of urea groups is 1. The van der Waals surface area contributed by atoms with Crippen molar-refractivity contribution in [2.45, 2.75) is 13.2 Å². The molecule has 0 spiro atoms. The van der Waals surface area contributed by atoms with Gasteiger partial charge in [-0.2, -0.15) is 0 Å². The third-order valence-electron chi connectivity index (χ3n) is 3.67. The van der Waals surface area contributed by atoms with Crippen LogP contribution in [0.1, 0.15) is 6.92 Å². The number of rotatable bonds is 6. The lowest BCUT2D eigenvalue weighted by Crippen LogP contribution is -2.39. The topological polar surface area (TPSA) is 62.4 Å². The molecular formula is C21H20ClN3O2. The van der Waals surface area contributed by atoms with Crippen LogP contribution in [0.15, 0.2) is 78.9 Å². The van der Waals surface area contributed by atoms with Crippen molar-refractivity contribution in [1.29, 1.82) is 0 Å². The first-order chi connectivity index (χ1) is 13.1. The van der Waals surface area contributed by atoms with Crippen molar-refractivity contribution in [1.82, 2.24) is 5.32 Å². The van der Waals surface area contributed by atoms with E-state index in [4.69, 9.17) is 16.3 Å². The molecule has 0 heterocycles. The van der Waals surface area contributed by atoms with Gasteiger partial charge in [0.1, 0.15) is 5.75 Å². The van der Waals surface area contributed by atoms with Gasteiger partial charge in [-0.15, -0.1) is 0 Å². The smallest absolute Gasteiger partial charge is 0.322 e. The average Bonchev–Trinajstić information content (AvgIpc) is 2.66. The molecule has 0 bridgehead atoms. The molecule has 1 unspecified atom stereocenters. The van der Waals surface area contributed by atoms with E-state index in [1.165, 1.54) is 0 Å². The first-order valence-electron chi connectivity index (χ1n) is 8.50. The fourth-order valence-electron chi connectivity index (χ4n) is 2.42. The standard InChI is InChI=1S/C21H20ClN3O2/c1-15(27-20-13-7-16(22)8-14-20)23-21(26)25-19-11-9-18(10-12-19)24-17-5-3-2-4-6-17/h2-15,24H,1H3,(H2,23,25,26). The second kappa shape index (κ2) is 8.96. The normalized spacial score (nSPS) is 11.3. The Labute approximate surface area is 163 Å². The fraction of sp³-hybridized carbons (Fsp3) is 0.0952. The Kier molecular flexibility index (Phi) is 6.18. The van der Waals surface area contributed by atoms with Crippen molar-refractivity contribution in [3.05, 3.63) is 83.9 Å². The maximum atomic E-state index is 12.1. The number of hydrogen-bond donors (Lipinski definition) is 3. The number of carbonyl (C=O) groups is 1. The van der Waals surface area contributed by atoms with Crippen LogP contribution in [0.5, 0.6) is 5.75 Å². The average molecular weight is 382 g/mol. The van der Waals surface area contributed by atoms with Gasteiger partial charge in [0, 0.05) is 22.1 Å². The molecule has 0 saturated carbocycles. The Hall–Kier alpha value is -3.18. The first-order valence-corrected chi connectivity index (χ1v) is 8.88. The predicted octanol–water partition coefficient (Wildman–Crippen LogP) is 5.63. The van der Waals surface area contributed by atoms with Crippen LogP contribution >= 0.6 is 11.6 Å². The molecule has 3 rings (SSSR count). The number of nitrogens with one attached hydrogen (secondary N) is 3. The number of carbonyl (C=O) groups excluding carboxylic acids is 1. The Morgan fingerprint density at radius 1 is 0.852 bits per heavy atom. The highest BCUT2D eigenvalue weighted by molar-refractivity contribution is 6.30. The van der Waals surface area contributed by atoms with Gasteiger partial charge in [0.2, 0.25) is 0 Å². The van der Waals surface area contributed by atoms with Gasteiger partial charge in [-0.3, -0.25) is 0 Å². The Balaban J connectivity index is 1.49. The summed E-state index contributed by atoms with van der Waals surface area (Å²) in [7, 11) is 0. The van der Waals surface area contributed by atoms with E-state index in [-0.39, 0.29) is 6.03 Å².